The van der Waals surface area contributed by atoms with Crippen LogP contribution in [0.3, 0.4) is 0 Å². The highest BCUT2D eigenvalue weighted by Gasteiger charge is 2.32. The number of benzene rings is 2. The predicted octanol–water partition coefficient (Wildman–Crippen LogP) is 4.05. The molecule has 0 aliphatic heterocycles. The molecule has 1 aliphatic carbocycles. The molecule has 1 aliphatic rings. The van der Waals surface area contributed by atoms with Crippen molar-refractivity contribution in [2.75, 3.05) is 6.61 Å². The third-order valence-corrected chi connectivity index (χ3v) is 4.98. The molecule has 0 spiro atoms. The van der Waals surface area contributed by atoms with E-state index in [1.165, 1.54) is 16.7 Å². The maximum atomic E-state index is 12.1. The lowest BCUT2D eigenvalue weighted by molar-refractivity contribution is -0.158. The molecule has 1 atom stereocenters. The molecule has 0 saturated carbocycles. The lowest BCUT2D eigenvalue weighted by Gasteiger charge is -2.28. The Labute approximate surface area is 161 Å². The van der Waals surface area contributed by atoms with E-state index in [-0.39, 0.29) is 5.97 Å². The molecule has 144 valence electrons. The summed E-state index contributed by atoms with van der Waals surface area (Å²) in [5, 5.41) is 3.67. The average molecular weight is 367 g/mol. The van der Waals surface area contributed by atoms with Crippen LogP contribution in [0.4, 0.5) is 0 Å². The SMILES string of the molecule is CCOC(=O)C(C)(C)Oc1ccc2c(c1)C[C@H](NCc1ccccc1)CC2. The Bertz CT molecular complexity index is 770. The second kappa shape index (κ2) is 8.57. The van der Waals surface area contributed by atoms with E-state index in [1.807, 2.05) is 12.1 Å². The Morgan fingerprint density at radius 2 is 1.93 bits per heavy atom. The third-order valence-electron chi connectivity index (χ3n) is 4.98. The van der Waals surface area contributed by atoms with Crippen LogP contribution in [-0.2, 0) is 28.9 Å². The second-order valence-electron chi connectivity index (χ2n) is 7.57. The molecular weight excluding hydrogens is 338 g/mol. The van der Waals surface area contributed by atoms with Crippen molar-refractivity contribution in [3.63, 3.8) is 0 Å². The molecule has 2 aromatic carbocycles. The number of aryl methyl sites for hydroxylation is 1. The van der Waals surface area contributed by atoms with E-state index in [9.17, 15) is 4.79 Å². The number of fused-ring (bicyclic) bond motifs is 1. The van der Waals surface area contributed by atoms with Crippen LogP contribution in [0.5, 0.6) is 5.75 Å². The molecule has 4 heteroatoms. The molecule has 0 saturated heterocycles. The summed E-state index contributed by atoms with van der Waals surface area (Å²) in [6, 6.07) is 17.1. The fourth-order valence-corrected chi connectivity index (χ4v) is 3.47. The zero-order valence-electron chi connectivity index (χ0n) is 16.5. The van der Waals surface area contributed by atoms with Gasteiger partial charge < -0.3 is 14.8 Å². The molecule has 2 aromatic rings. The van der Waals surface area contributed by atoms with Crippen molar-refractivity contribution in [3.8, 4) is 5.75 Å². The van der Waals surface area contributed by atoms with Gasteiger partial charge in [-0.2, -0.15) is 0 Å². The maximum absolute atomic E-state index is 12.1. The monoisotopic (exact) mass is 367 g/mol. The summed E-state index contributed by atoms with van der Waals surface area (Å²) >= 11 is 0. The van der Waals surface area contributed by atoms with E-state index in [4.69, 9.17) is 9.47 Å². The Hall–Kier alpha value is -2.33. The largest absolute Gasteiger partial charge is 0.476 e. The van der Waals surface area contributed by atoms with E-state index in [2.05, 4.69) is 41.7 Å². The van der Waals surface area contributed by atoms with Crippen LogP contribution >= 0.6 is 0 Å². The lowest BCUT2D eigenvalue weighted by Crippen LogP contribution is -2.39. The normalized spacial score (nSPS) is 16.5. The van der Waals surface area contributed by atoms with Gasteiger partial charge in [-0.1, -0.05) is 36.4 Å². The van der Waals surface area contributed by atoms with E-state index in [0.29, 0.717) is 12.6 Å². The maximum Gasteiger partial charge on any atom is 0.349 e. The Morgan fingerprint density at radius 3 is 2.67 bits per heavy atom. The molecule has 0 unspecified atom stereocenters. The van der Waals surface area contributed by atoms with Gasteiger partial charge in [-0.05, 0) is 68.9 Å². The van der Waals surface area contributed by atoms with Crippen LogP contribution in [-0.4, -0.2) is 24.2 Å². The minimum atomic E-state index is -0.996. The number of hydrogen-bond acceptors (Lipinski definition) is 4. The second-order valence-corrected chi connectivity index (χ2v) is 7.57. The minimum absolute atomic E-state index is 0.342. The lowest BCUT2D eigenvalue weighted by atomic mass is 9.88. The van der Waals surface area contributed by atoms with Crippen molar-refractivity contribution in [2.45, 2.75) is 58.2 Å². The minimum Gasteiger partial charge on any atom is -0.476 e. The fourth-order valence-electron chi connectivity index (χ4n) is 3.47. The Kier molecular flexibility index (Phi) is 6.17. The van der Waals surface area contributed by atoms with E-state index in [1.54, 1.807) is 20.8 Å². The van der Waals surface area contributed by atoms with Crippen LogP contribution in [0.25, 0.3) is 0 Å². The van der Waals surface area contributed by atoms with Crippen LogP contribution in [0.2, 0.25) is 0 Å². The van der Waals surface area contributed by atoms with Gasteiger partial charge in [0.05, 0.1) is 6.61 Å². The van der Waals surface area contributed by atoms with Crippen molar-refractivity contribution in [1.82, 2.24) is 5.32 Å². The molecular formula is C23H29NO3. The zero-order chi connectivity index (χ0) is 19.3. The molecule has 0 bridgehead atoms. The van der Waals surface area contributed by atoms with Crippen LogP contribution < -0.4 is 10.1 Å². The predicted molar refractivity (Wildman–Crippen MR) is 107 cm³/mol. The van der Waals surface area contributed by atoms with Crippen LogP contribution in [0, 0.1) is 0 Å². The fraction of sp³-hybridized carbons (Fsp3) is 0.435. The van der Waals surface area contributed by atoms with Crippen molar-refractivity contribution in [1.29, 1.82) is 0 Å². The van der Waals surface area contributed by atoms with Crippen molar-refractivity contribution in [2.24, 2.45) is 0 Å². The van der Waals surface area contributed by atoms with Crippen molar-refractivity contribution in [3.05, 3.63) is 65.2 Å². The average Bonchev–Trinajstić information content (AvgIpc) is 2.67. The van der Waals surface area contributed by atoms with Crippen LogP contribution in [0.15, 0.2) is 48.5 Å². The standard InChI is InChI=1S/C23H29NO3/c1-4-26-22(25)23(2,3)27-21-13-11-18-10-12-20(14-19(18)15-21)24-16-17-8-6-5-7-9-17/h5-9,11,13,15,20,24H,4,10,12,14,16H2,1-3H3/t20-/m1/s1. The van der Waals surface area contributed by atoms with E-state index >= 15 is 0 Å². The summed E-state index contributed by atoms with van der Waals surface area (Å²) in [7, 11) is 0. The first kappa shape index (κ1) is 19.4. The number of carbonyl (C=O) groups excluding carboxylic acids is 1. The summed E-state index contributed by atoms with van der Waals surface area (Å²) in [5.41, 5.74) is 2.97. The van der Waals surface area contributed by atoms with E-state index < -0.39 is 5.60 Å². The topological polar surface area (TPSA) is 47.6 Å². The summed E-state index contributed by atoms with van der Waals surface area (Å²) in [6.45, 7) is 6.52. The van der Waals surface area contributed by atoms with Gasteiger partial charge in [-0.15, -0.1) is 0 Å². The molecule has 3 rings (SSSR count). The number of carbonyl (C=O) groups is 1. The van der Waals surface area contributed by atoms with Gasteiger partial charge in [-0.3, -0.25) is 0 Å². The van der Waals surface area contributed by atoms with Gasteiger partial charge in [0.1, 0.15) is 5.75 Å². The summed E-state index contributed by atoms with van der Waals surface area (Å²) in [4.78, 5) is 12.1. The molecule has 0 amide bonds. The van der Waals surface area contributed by atoms with Crippen LogP contribution in [0.1, 0.15) is 43.9 Å². The first-order chi connectivity index (χ1) is 13.0. The highest BCUT2D eigenvalue weighted by atomic mass is 16.6. The number of hydrogen-bond donors (Lipinski definition) is 1. The quantitative estimate of drug-likeness (QED) is 0.750. The summed E-state index contributed by atoms with van der Waals surface area (Å²) < 4.78 is 11.1. The molecule has 0 aromatic heterocycles. The Morgan fingerprint density at radius 1 is 1.15 bits per heavy atom. The zero-order valence-corrected chi connectivity index (χ0v) is 16.5. The van der Waals surface area contributed by atoms with Crippen molar-refractivity contribution >= 4 is 5.97 Å². The molecule has 0 heterocycles. The summed E-state index contributed by atoms with van der Waals surface area (Å²) in [6.07, 6.45) is 3.16. The Balaban J connectivity index is 1.63. The third kappa shape index (κ3) is 5.10. The molecule has 4 nitrogen and oxygen atoms in total. The summed E-state index contributed by atoms with van der Waals surface area (Å²) in [5.74, 6) is 0.376. The van der Waals surface area contributed by atoms with Gasteiger partial charge in [0.15, 0.2) is 5.60 Å². The number of esters is 1. The molecule has 0 radical (unpaired) electrons. The van der Waals surface area contributed by atoms with E-state index in [0.717, 1.165) is 31.6 Å². The van der Waals surface area contributed by atoms with Gasteiger partial charge >= 0.3 is 5.97 Å². The van der Waals surface area contributed by atoms with Gasteiger partial charge in [0, 0.05) is 12.6 Å². The highest BCUT2D eigenvalue weighted by molar-refractivity contribution is 5.79. The number of ether oxygens (including phenoxy) is 2. The number of rotatable bonds is 7. The molecule has 1 N–H and O–H groups in total. The molecule has 0 fully saturated rings. The smallest absolute Gasteiger partial charge is 0.349 e. The van der Waals surface area contributed by atoms with Gasteiger partial charge in [-0.25, -0.2) is 4.79 Å². The molecule has 27 heavy (non-hydrogen) atoms. The van der Waals surface area contributed by atoms with Gasteiger partial charge in [0.25, 0.3) is 0 Å². The number of nitrogens with one attached hydrogen (secondary N) is 1. The van der Waals surface area contributed by atoms with Crippen molar-refractivity contribution < 1.29 is 14.3 Å². The first-order valence-corrected chi connectivity index (χ1v) is 9.73. The van der Waals surface area contributed by atoms with Gasteiger partial charge in [0.2, 0.25) is 0 Å². The first-order valence-electron chi connectivity index (χ1n) is 9.73. The highest BCUT2D eigenvalue weighted by Crippen LogP contribution is 2.28.